The van der Waals surface area contributed by atoms with Crippen molar-refractivity contribution in [2.24, 2.45) is 0 Å². The van der Waals surface area contributed by atoms with Crippen LogP contribution in [-0.2, 0) is 9.53 Å². The lowest BCUT2D eigenvalue weighted by molar-refractivity contribution is -0.121. The van der Waals surface area contributed by atoms with Gasteiger partial charge in [-0.1, -0.05) is 13.8 Å². The van der Waals surface area contributed by atoms with Crippen LogP contribution in [0.2, 0.25) is 0 Å². The minimum atomic E-state index is 0.0438. The largest absolute Gasteiger partial charge is 0.383 e. The molecule has 0 aliphatic rings. The molecule has 2 N–H and O–H groups in total. The molecule has 4 nitrogen and oxygen atoms in total. The lowest BCUT2D eigenvalue weighted by Gasteiger charge is -2.15. The molecule has 0 radical (unpaired) electrons. The van der Waals surface area contributed by atoms with Crippen LogP contribution in [0, 0.1) is 0 Å². The number of ether oxygens (including phenoxy) is 1. The Balaban J connectivity index is 3.56. The summed E-state index contributed by atoms with van der Waals surface area (Å²) in [6.45, 7) is 5.96. The van der Waals surface area contributed by atoms with Crippen LogP contribution in [-0.4, -0.2) is 38.8 Å². The van der Waals surface area contributed by atoms with Gasteiger partial charge in [0, 0.05) is 7.11 Å². The van der Waals surface area contributed by atoms with Gasteiger partial charge in [-0.25, -0.2) is 0 Å². The number of carbonyl (C=O) groups excluding carboxylic acids is 1. The number of nitrogens with one attached hydrogen (secondary N) is 2. The molecule has 0 saturated carbocycles. The van der Waals surface area contributed by atoms with Crippen molar-refractivity contribution in [1.82, 2.24) is 10.6 Å². The Hall–Kier alpha value is -0.610. The number of amides is 1. The SMILES string of the molecule is CCCNCC(=O)NC(CC)COC. The van der Waals surface area contributed by atoms with Crippen molar-refractivity contribution in [3.05, 3.63) is 0 Å². The second-order valence-corrected chi connectivity index (χ2v) is 3.30. The van der Waals surface area contributed by atoms with E-state index in [9.17, 15) is 4.79 Å². The van der Waals surface area contributed by atoms with Gasteiger partial charge in [-0.2, -0.15) is 0 Å². The Bertz CT molecular complexity index is 151. The summed E-state index contributed by atoms with van der Waals surface area (Å²) in [5.41, 5.74) is 0. The quantitative estimate of drug-likeness (QED) is 0.564. The van der Waals surface area contributed by atoms with E-state index >= 15 is 0 Å². The smallest absolute Gasteiger partial charge is 0.234 e. The zero-order valence-electron chi connectivity index (χ0n) is 9.43. The molecule has 0 aromatic carbocycles. The molecule has 1 atom stereocenters. The van der Waals surface area contributed by atoms with Crippen molar-refractivity contribution in [1.29, 1.82) is 0 Å². The summed E-state index contributed by atoms with van der Waals surface area (Å²) in [4.78, 5) is 11.3. The van der Waals surface area contributed by atoms with E-state index in [1.807, 2.05) is 6.92 Å². The Morgan fingerprint density at radius 2 is 2.14 bits per heavy atom. The van der Waals surface area contributed by atoms with Gasteiger partial charge in [0.15, 0.2) is 0 Å². The van der Waals surface area contributed by atoms with E-state index in [-0.39, 0.29) is 11.9 Å². The molecule has 0 fully saturated rings. The zero-order chi connectivity index (χ0) is 10.8. The summed E-state index contributed by atoms with van der Waals surface area (Å²) in [6.07, 6.45) is 1.94. The third kappa shape index (κ3) is 6.86. The molecule has 0 saturated heterocycles. The van der Waals surface area contributed by atoms with Crippen LogP contribution in [0.25, 0.3) is 0 Å². The second kappa shape index (κ2) is 8.97. The fourth-order valence-electron chi connectivity index (χ4n) is 1.12. The Labute approximate surface area is 86.4 Å². The highest BCUT2D eigenvalue weighted by Gasteiger charge is 2.08. The highest BCUT2D eigenvalue weighted by atomic mass is 16.5. The topological polar surface area (TPSA) is 50.4 Å². The van der Waals surface area contributed by atoms with Crippen LogP contribution < -0.4 is 10.6 Å². The molecule has 0 aromatic heterocycles. The minimum Gasteiger partial charge on any atom is -0.383 e. The van der Waals surface area contributed by atoms with Gasteiger partial charge in [0.1, 0.15) is 0 Å². The summed E-state index contributed by atoms with van der Waals surface area (Å²) >= 11 is 0. The fraction of sp³-hybridized carbons (Fsp3) is 0.900. The number of hydrogen-bond acceptors (Lipinski definition) is 3. The molecular formula is C10H22N2O2. The highest BCUT2D eigenvalue weighted by Crippen LogP contribution is 1.90. The first-order chi connectivity index (χ1) is 6.74. The molecule has 0 aliphatic carbocycles. The molecule has 0 spiro atoms. The molecule has 4 heteroatoms. The fourth-order valence-corrected chi connectivity index (χ4v) is 1.12. The normalized spacial score (nSPS) is 12.5. The van der Waals surface area contributed by atoms with Crippen LogP contribution in [0.3, 0.4) is 0 Å². The molecule has 0 aromatic rings. The number of hydrogen-bond donors (Lipinski definition) is 2. The highest BCUT2D eigenvalue weighted by molar-refractivity contribution is 5.78. The van der Waals surface area contributed by atoms with Gasteiger partial charge in [-0.15, -0.1) is 0 Å². The van der Waals surface area contributed by atoms with Crippen LogP contribution in [0.15, 0.2) is 0 Å². The number of carbonyl (C=O) groups is 1. The van der Waals surface area contributed by atoms with E-state index in [1.165, 1.54) is 0 Å². The monoisotopic (exact) mass is 202 g/mol. The van der Waals surface area contributed by atoms with Crippen molar-refractivity contribution in [2.45, 2.75) is 32.7 Å². The van der Waals surface area contributed by atoms with Gasteiger partial charge in [-0.3, -0.25) is 4.79 Å². The molecule has 1 unspecified atom stereocenters. The predicted octanol–water partition coefficient (Wildman–Crippen LogP) is 0.527. The molecule has 14 heavy (non-hydrogen) atoms. The van der Waals surface area contributed by atoms with Crippen molar-refractivity contribution in [3.63, 3.8) is 0 Å². The summed E-state index contributed by atoms with van der Waals surface area (Å²) < 4.78 is 4.99. The lowest BCUT2D eigenvalue weighted by atomic mass is 10.2. The van der Waals surface area contributed by atoms with E-state index in [0.29, 0.717) is 13.2 Å². The predicted molar refractivity (Wildman–Crippen MR) is 57.3 cm³/mol. The van der Waals surface area contributed by atoms with Crippen molar-refractivity contribution in [3.8, 4) is 0 Å². The first-order valence-electron chi connectivity index (χ1n) is 5.23. The van der Waals surface area contributed by atoms with Crippen LogP contribution >= 0.6 is 0 Å². The molecule has 0 bridgehead atoms. The second-order valence-electron chi connectivity index (χ2n) is 3.30. The van der Waals surface area contributed by atoms with Crippen molar-refractivity contribution >= 4 is 5.91 Å². The van der Waals surface area contributed by atoms with Gasteiger partial charge in [-0.05, 0) is 19.4 Å². The van der Waals surface area contributed by atoms with Gasteiger partial charge < -0.3 is 15.4 Å². The first kappa shape index (κ1) is 13.4. The van der Waals surface area contributed by atoms with Crippen molar-refractivity contribution in [2.75, 3.05) is 26.8 Å². The average molecular weight is 202 g/mol. The maximum atomic E-state index is 11.3. The van der Waals surface area contributed by atoms with Crippen LogP contribution in [0.4, 0.5) is 0 Å². The number of methoxy groups -OCH3 is 1. The summed E-state index contributed by atoms with van der Waals surface area (Å²) in [5.74, 6) is 0.0438. The van der Waals surface area contributed by atoms with Crippen LogP contribution in [0.1, 0.15) is 26.7 Å². The minimum absolute atomic E-state index is 0.0438. The lowest BCUT2D eigenvalue weighted by Crippen LogP contribution is -2.42. The van der Waals surface area contributed by atoms with Crippen LogP contribution in [0.5, 0.6) is 0 Å². The molecule has 84 valence electrons. The molecule has 0 aliphatic heterocycles. The average Bonchev–Trinajstić information content (AvgIpc) is 2.17. The van der Waals surface area contributed by atoms with Crippen molar-refractivity contribution < 1.29 is 9.53 Å². The summed E-state index contributed by atoms with van der Waals surface area (Å²) in [7, 11) is 1.64. The molecular weight excluding hydrogens is 180 g/mol. The third-order valence-electron chi connectivity index (χ3n) is 1.94. The molecule has 1 amide bonds. The van der Waals surface area contributed by atoms with E-state index < -0.39 is 0 Å². The number of rotatable bonds is 8. The summed E-state index contributed by atoms with van der Waals surface area (Å²) in [5, 5.41) is 5.95. The van der Waals surface area contributed by atoms with Gasteiger partial charge in [0.25, 0.3) is 0 Å². The van der Waals surface area contributed by atoms with Gasteiger partial charge in [0.2, 0.25) is 5.91 Å². The first-order valence-corrected chi connectivity index (χ1v) is 5.23. The van der Waals surface area contributed by atoms with E-state index in [0.717, 1.165) is 19.4 Å². The standard InChI is InChI=1S/C10H22N2O2/c1-4-6-11-7-10(13)12-9(5-2)8-14-3/h9,11H,4-8H2,1-3H3,(H,12,13). The maximum absolute atomic E-state index is 11.3. The Kier molecular flexibility index (Phi) is 8.57. The molecule has 0 rings (SSSR count). The van der Waals surface area contributed by atoms with E-state index in [1.54, 1.807) is 7.11 Å². The third-order valence-corrected chi connectivity index (χ3v) is 1.94. The molecule has 0 heterocycles. The van der Waals surface area contributed by atoms with Gasteiger partial charge >= 0.3 is 0 Å². The Morgan fingerprint density at radius 3 is 2.64 bits per heavy atom. The summed E-state index contributed by atoms with van der Waals surface area (Å²) in [6, 6.07) is 0.135. The van der Waals surface area contributed by atoms with E-state index in [2.05, 4.69) is 17.6 Å². The maximum Gasteiger partial charge on any atom is 0.234 e. The zero-order valence-corrected chi connectivity index (χ0v) is 9.43. The van der Waals surface area contributed by atoms with E-state index in [4.69, 9.17) is 4.74 Å². The van der Waals surface area contributed by atoms with Gasteiger partial charge in [0.05, 0.1) is 19.2 Å². The Morgan fingerprint density at radius 1 is 1.43 bits per heavy atom.